The van der Waals surface area contributed by atoms with Gasteiger partial charge in [0.2, 0.25) is 0 Å². The van der Waals surface area contributed by atoms with Gasteiger partial charge in [0.25, 0.3) is 5.56 Å². The average Bonchev–Trinajstić information content (AvgIpc) is 2.61. The molecule has 1 aromatic carbocycles. The fraction of sp³-hybridized carbons (Fsp3) is 0.111. The zero-order valence-corrected chi connectivity index (χ0v) is 14.6. The smallest absolute Gasteiger partial charge is 0.332 e. The van der Waals surface area contributed by atoms with Crippen molar-refractivity contribution in [2.24, 2.45) is 4.99 Å². The van der Waals surface area contributed by atoms with Gasteiger partial charge in [-0.1, -0.05) is 17.7 Å². The van der Waals surface area contributed by atoms with E-state index in [2.05, 4.69) is 15.0 Å². The third-order valence-corrected chi connectivity index (χ3v) is 4.19. The Kier molecular flexibility index (Phi) is 4.99. The van der Waals surface area contributed by atoms with Crippen molar-refractivity contribution in [3.05, 3.63) is 85.3 Å². The summed E-state index contributed by atoms with van der Waals surface area (Å²) in [4.78, 5) is 33.3. The quantitative estimate of drug-likeness (QED) is 0.692. The van der Waals surface area contributed by atoms with Crippen LogP contribution >= 0.6 is 11.6 Å². The second-order valence-corrected chi connectivity index (χ2v) is 6.04. The number of hydrogen-bond acceptors (Lipinski definition) is 4. The number of aromatic amines is 2. The van der Waals surface area contributed by atoms with Crippen LogP contribution in [-0.2, 0) is 6.54 Å². The van der Waals surface area contributed by atoms with Crippen LogP contribution in [0.5, 0.6) is 5.88 Å². The number of benzene rings is 1. The number of hydrogen-bond donors (Lipinski definition) is 1. The minimum Gasteiger partial charge on any atom is -0.859 e. The molecule has 0 spiro atoms. The van der Waals surface area contributed by atoms with Gasteiger partial charge in [0.15, 0.2) is 12.4 Å². The van der Waals surface area contributed by atoms with Gasteiger partial charge in [-0.25, -0.2) is 9.78 Å². The topological polar surface area (TPSA) is 104 Å². The van der Waals surface area contributed by atoms with Crippen LogP contribution < -0.4 is 21.3 Å². The first-order valence-electron chi connectivity index (χ1n) is 7.75. The Morgan fingerprint density at radius 3 is 2.85 bits per heavy atom. The highest BCUT2D eigenvalue weighted by atomic mass is 35.5. The maximum Gasteiger partial charge on any atom is 0.332 e. The van der Waals surface area contributed by atoms with E-state index in [0.717, 1.165) is 15.7 Å². The summed E-state index contributed by atoms with van der Waals surface area (Å²) >= 11 is 6.07. The van der Waals surface area contributed by atoms with Gasteiger partial charge in [-0.2, -0.15) is 0 Å². The van der Waals surface area contributed by atoms with E-state index in [4.69, 9.17) is 11.6 Å². The molecule has 2 heterocycles. The molecule has 0 aliphatic heterocycles. The number of H-pyrrole nitrogens is 2. The highest BCUT2D eigenvalue weighted by Gasteiger charge is 2.09. The minimum absolute atomic E-state index is 0.221. The summed E-state index contributed by atoms with van der Waals surface area (Å²) in [6.07, 6.45) is 4.70. The molecule has 3 aromatic rings. The third-order valence-electron chi connectivity index (χ3n) is 3.78. The van der Waals surface area contributed by atoms with Gasteiger partial charge < -0.3 is 5.11 Å². The molecular weight excluding hydrogens is 356 g/mol. The lowest BCUT2D eigenvalue weighted by molar-refractivity contribution is -0.378. The maximum absolute atomic E-state index is 12.7. The summed E-state index contributed by atoms with van der Waals surface area (Å²) < 4.78 is 0.865. The van der Waals surface area contributed by atoms with Crippen molar-refractivity contribution < 1.29 is 10.1 Å². The van der Waals surface area contributed by atoms with Crippen molar-refractivity contribution in [2.75, 3.05) is 0 Å². The van der Waals surface area contributed by atoms with Crippen molar-refractivity contribution in [2.45, 2.75) is 13.5 Å². The van der Waals surface area contributed by atoms with Gasteiger partial charge in [-0.3, -0.25) is 19.3 Å². The molecule has 2 aromatic heterocycles. The molecule has 26 heavy (non-hydrogen) atoms. The molecule has 0 atom stereocenters. The first-order chi connectivity index (χ1) is 12.5. The first-order valence-corrected chi connectivity index (χ1v) is 8.13. The fourth-order valence-electron chi connectivity index (χ4n) is 2.37. The molecule has 0 amide bonds. The van der Waals surface area contributed by atoms with Crippen LogP contribution in [0.2, 0.25) is 5.02 Å². The monoisotopic (exact) mass is 370 g/mol. The molecule has 0 fully saturated rings. The highest BCUT2D eigenvalue weighted by molar-refractivity contribution is 6.31. The normalized spacial score (nSPS) is 11.2. The maximum atomic E-state index is 12.7. The van der Waals surface area contributed by atoms with E-state index in [9.17, 15) is 14.7 Å². The Bertz CT molecular complexity index is 1090. The standard InChI is InChI=1S/C18H15ClN4O3/c1-11-4-5-13(7-15(11)19)23-17(25)14(16(24)22-18(23)26)10-21-9-12-3-2-6-20-8-12/h2-8,10,25H,9H2,1H3,(H,22,24,26). The van der Waals surface area contributed by atoms with Gasteiger partial charge in [0.05, 0.1) is 17.8 Å². The molecule has 0 saturated carbocycles. The number of nitrogens with one attached hydrogen (secondary N) is 2. The number of aliphatic imine (C=N–C) groups is 1. The van der Waals surface area contributed by atoms with Crippen LogP contribution in [0.25, 0.3) is 5.69 Å². The van der Waals surface area contributed by atoms with E-state index in [1.807, 2.05) is 12.1 Å². The van der Waals surface area contributed by atoms with Gasteiger partial charge in [-0.05, 0) is 36.6 Å². The molecule has 0 bridgehead atoms. The summed E-state index contributed by atoms with van der Waals surface area (Å²) in [6.45, 7) is 2.09. The molecule has 0 aliphatic carbocycles. The van der Waals surface area contributed by atoms with E-state index >= 15 is 0 Å². The average molecular weight is 371 g/mol. The Hall–Kier alpha value is -3.19. The lowest BCUT2D eigenvalue weighted by Gasteiger charge is -2.18. The number of rotatable bonds is 4. The predicted molar refractivity (Wildman–Crippen MR) is 96.1 cm³/mol. The largest absolute Gasteiger partial charge is 0.859 e. The van der Waals surface area contributed by atoms with Crippen molar-refractivity contribution in [1.82, 2.24) is 9.55 Å². The number of aromatic nitrogens is 3. The van der Waals surface area contributed by atoms with E-state index in [-0.39, 0.29) is 17.8 Å². The lowest BCUT2D eigenvalue weighted by Crippen LogP contribution is -2.34. The van der Waals surface area contributed by atoms with Gasteiger partial charge in [-0.15, -0.1) is 0 Å². The Labute approximate surface area is 153 Å². The van der Waals surface area contributed by atoms with Gasteiger partial charge >= 0.3 is 5.69 Å². The molecular formula is C18H15ClN4O3. The van der Waals surface area contributed by atoms with Crippen LogP contribution in [-0.4, -0.2) is 15.8 Å². The molecule has 0 radical (unpaired) electrons. The van der Waals surface area contributed by atoms with Crippen LogP contribution in [0.15, 0.2) is 57.3 Å². The van der Waals surface area contributed by atoms with E-state index in [0.29, 0.717) is 5.02 Å². The fourth-order valence-corrected chi connectivity index (χ4v) is 2.55. The number of aryl methyl sites for hydroxylation is 1. The second kappa shape index (κ2) is 7.37. The molecule has 3 rings (SSSR count). The molecule has 0 unspecified atom stereocenters. The van der Waals surface area contributed by atoms with Crippen molar-refractivity contribution in [3.8, 4) is 11.6 Å². The van der Waals surface area contributed by atoms with Crippen LogP contribution in [0.1, 0.15) is 16.7 Å². The molecule has 0 aliphatic rings. The van der Waals surface area contributed by atoms with Crippen LogP contribution in [0, 0.1) is 6.92 Å². The Balaban J connectivity index is 2.03. The Morgan fingerprint density at radius 2 is 2.15 bits per heavy atom. The Morgan fingerprint density at radius 1 is 1.35 bits per heavy atom. The van der Waals surface area contributed by atoms with Crippen molar-refractivity contribution >= 4 is 17.8 Å². The highest BCUT2D eigenvalue weighted by Crippen LogP contribution is 2.20. The van der Waals surface area contributed by atoms with E-state index < -0.39 is 17.1 Å². The number of halogens is 1. The summed E-state index contributed by atoms with van der Waals surface area (Å²) in [5.74, 6) is -0.748. The van der Waals surface area contributed by atoms with Crippen LogP contribution in [0.3, 0.4) is 0 Å². The van der Waals surface area contributed by atoms with Crippen molar-refractivity contribution in [1.29, 1.82) is 0 Å². The second-order valence-electron chi connectivity index (χ2n) is 5.63. The zero-order chi connectivity index (χ0) is 18.7. The summed E-state index contributed by atoms with van der Waals surface area (Å²) in [5, 5.41) is 13.1. The van der Waals surface area contributed by atoms with Crippen LogP contribution in [0.4, 0.5) is 0 Å². The molecule has 7 nitrogen and oxygen atoms in total. The van der Waals surface area contributed by atoms with Gasteiger partial charge in [0.1, 0.15) is 0 Å². The predicted octanol–water partition coefficient (Wildman–Crippen LogP) is 0.994. The molecule has 0 saturated heterocycles. The molecule has 132 valence electrons. The zero-order valence-electron chi connectivity index (χ0n) is 13.8. The molecule has 8 heteroatoms. The summed E-state index contributed by atoms with van der Waals surface area (Å²) in [6, 6.07) is 8.44. The first kappa shape index (κ1) is 17.6. The molecule has 2 N–H and O–H groups in total. The minimum atomic E-state index is -0.824. The summed E-state index contributed by atoms with van der Waals surface area (Å²) in [5.41, 5.74) is 0.140. The third kappa shape index (κ3) is 3.57. The van der Waals surface area contributed by atoms with Crippen molar-refractivity contribution in [3.63, 3.8) is 0 Å². The van der Waals surface area contributed by atoms with Gasteiger partial charge in [0, 0.05) is 22.9 Å². The number of pyridine rings is 1. The number of nitrogens with zero attached hydrogens (tertiary/aromatic N) is 2. The lowest BCUT2D eigenvalue weighted by atomic mass is 10.2. The SMILES string of the molecule is Cc1ccc(-n2c([O-])c(C=NCc3ccc[nH+]c3)c(=O)[nH]c2=O)cc1Cl. The summed E-state index contributed by atoms with van der Waals surface area (Å²) in [7, 11) is 0. The van der Waals surface area contributed by atoms with E-state index in [1.165, 1.54) is 12.3 Å². The van der Waals surface area contributed by atoms with E-state index in [1.54, 1.807) is 31.5 Å².